The van der Waals surface area contributed by atoms with Crippen LogP contribution >= 0.6 is 11.3 Å². The van der Waals surface area contributed by atoms with Gasteiger partial charge < -0.3 is 4.98 Å². The number of aromatic amines is 1. The molecule has 4 heteroatoms. The van der Waals surface area contributed by atoms with Gasteiger partial charge in [-0.05, 0) is 17.9 Å². The molecule has 0 aliphatic carbocycles. The van der Waals surface area contributed by atoms with Gasteiger partial charge in [0.15, 0.2) is 6.29 Å². The number of rotatable bonds is 2. The average molecular weight is 192 g/mol. The zero-order valence-electron chi connectivity index (χ0n) is 7.07. The number of hydrogen-bond acceptors (Lipinski definition) is 3. The minimum Gasteiger partial charge on any atom is -0.336 e. The quantitative estimate of drug-likeness (QED) is 0.742. The van der Waals surface area contributed by atoms with Gasteiger partial charge >= 0.3 is 0 Å². The molecule has 0 aliphatic heterocycles. The van der Waals surface area contributed by atoms with Crippen molar-refractivity contribution in [3.8, 4) is 11.4 Å². The van der Waals surface area contributed by atoms with Crippen molar-refractivity contribution in [1.82, 2.24) is 9.97 Å². The van der Waals surface area contributed by atoms with Gasteiger partial charge in [-0.2, -0.15) is 11.3 Å². The second-order valence-corrected chi connectivity index (χ2v) is 3.52. The molecule has 0 spiro atoms. The largest absolute Gasteiger partial charge is 0.336 e. The number of hydrogen-bond donors (Lipinski definition) is 1. The van der Waals surface area contributed by atoms with E-state index in [1.165, 1.54) is 5.56 Å². The number of H-pyrrole nitrogens is 1. The predicted octanol–water partition coefficient (Wildman–Crippen LogP) is 2.26. The molecule has 3 nitrogen and oxygen atoms in total. The smallest absolute Gasteiger partial charge is 0.167 e. The molecular formula is C9H8N2OS. The second kappa shape index (κ2) is 3.14. The molecule has 0 radical (unpaired) electrons. The molecule has 0 unspecified atom stereocenters. The molecule has 0 aliphatic rings. The fourth-order valence-corrected chi connectivity index (χ4v) is 1.97. The SMILES string of the molecule is Cc1cscc1-c1ncc(C=O)[nH]1. The number of carbonyl (C=O) groups excluding carboxylic acids is 1. The number of carbonyl (C=O) groups is 1. The summed E-state index contributed by atoms with van der Waals surface area (Å²) in [6.45, 7) is 2.02. The number of nitrogens with zero attached hydrogens (tertiary/aromatic N) is 1. The molecule has 2 aromatic rings. The maximum atomic E-state index is 10.4. The lowest BCUT2D eigenvalue weighted by Gasteiger charge is -1.92. The number of thiophene rings is 1. The standard InChI is InChI=1S/C9H8N2OS/c1-6-4-13-5-8(6)9-10-2-7(3-12)11-9/h2-5H,1H3,(H,10,11). The van der Waals surface area contributed by atoms with E-state index in [9.17, 15) is 4.79 Å². The number of aryl methyl sites for hydroxylation is 1. The van der Waals surface area contributed by atoms with Gasteiger partial charge in [0, 0.05) is 10.9 Å². The minimum absolute atomic E-state index is 0.514. The van der Waals surface area contributed by atoms with Crippen LogP contribution in [0.25, 0.3) is 11.4 Å². The lowest BCUT2D eigenvalue weighted by atomic mass is 10.2. The van der Waals surface area contributed by atoms with Crippen LogP contribution in [0.15, 0.2) is 17.0 Å². The Morgan fingerprint density at radius 1 is 1.54 bits per heavy atom. The number of aromatic nitrogens is 2. The summed E-state index contributed by atoms with van der Waals surface area (Å²) in [5, 5.41) is 4.07. The molecule has 2 aromatic heterocycles. The summed E-state index contributed by atoms with van der Waals surface area (Å²) in [7, 11) is 0. The summed E-state index contributed by atoms with van der Waals surface area (Å²) in [5.41, 5.74) is 2.76. The van der Waals surface area contributed by atoms with E-state index in [4.69, 9.17) is 0 Å². The van der Waals surface area contributed by atoms with Crippen LogP contribution in [0.2, 0.25) is 0 Å². The van der Waals surface area contributed by atoms with E-state index in [0.29, 0.717) is 5.69 Å². The monoisotopic (exact) mass is 192 g/mol. The molecule has 66 valence electrons. The Bertz CT molecular complexity index is 430. The molecule has 13 heavy (non-hydrogen) atoms. The second-order valence-electron chi connectivity index (χ2n) is 2.77. The molecule has 0 saturated heterocycles. The molecule has 2 heterocycles. The van der Waals surface area contributed by atoms with Crippen molar-refractivity contribution >= 4 is 17.6 Å². The molecule has 0 amide bonds. The molecular weight excluding hydrogens is 184 g/mol. The topological polar surface area (TPSA) is 45.8 Å². The van der Waals surface area contributed by atoms with Gasteiger partial charge in [-0.3, -0.25) is 4.79 Å². The number of imidazole rings is 1. The normalized spacial score (nSPS) is 10.2. The maximum Gasteiger partial charge on any atom is 0.167 e. The Morgan fingerprint density at radius 3 is 2.92 bits per heavy atom. The van der Waals surface area contributed by atoms with Crippen LogP contribution in [-0.4, -0.2) is 16.3 Å². The summed E-state index contributed by atoms with van der Waals surface area (Å²) in [6.07, 6.45) is 2.30. The molecule has 0 fully saturated rings. The Hall–Kier alpha value is -1.42. The number of nitrogens with one attached hydrogen (secondary N) is 1. The summed E-state index contributed by atoms with van der Waals surface area (Å²) >= 11 is 1.63. The molecule has 0 bridgehead atoms. The first-order chi connectivity index (χ1) is 6.31. The van der Waals surface area contributed by atoms with Crippen LogP contribution < -0.4 is 0 Å². The van der Waals surface area contributed by atoms with Crippen LogP contribution in [0, 0.1) is 6.92 Å². The summed E-state index contributed by atoms with van der Waals surface area (Å²) in [5.74, 6) is 0.765. The molecule has 0 aromatic carbocycles. The third-order valence-electron chi connectivity index (χ3n) is 1.83. The first-order valence-corrected chi connectivity index (χ1v) is 4.79. The van der Waals surface area contributed by atoms with Crippen molar-refractivity contribution < 1.29 is 4.79 Å². The van der Waals surface area contributed by atoms with Crippen molar-refractivity contribution in [2.75, 3.05) is 0 Å². The lowest BCUT2D eigenvalue weighted by molar-refractivity contribution is 0.111. The molecule has 2 rings (SSSR count). The maximum absolute atomic E-state index is 10.4. The highest BCUT2D eigenvalue weighted by molar-refractivity contribution is 7.08. The highest BCUT2D eigenvalue weighted by Gasteiger charge is 2.06. The minimum atomic E-state index is 0.514. The van der Waals surface area contributed by atoms with E-state index in [1.807, 2.05) is 12.3 Å². The van der Waals surface area contributed by atoms with Gasteiger partial charge in [0.2, 0.25) is 0 Å². The summed E-state index contributed by atoms with van der Waals surface area (Å²) in [4.78, 5) is 17.4. The van der Waals surface area contributed by atoms with Crippen LogP contribution in [0.3, 0.4) is 0 Å². The van der Waals surface area contributed by atoms with Gasteiger partial charge in [0.25, 0.3) is 0 Å². The average Bonchev–Trinajstić information content (AvgIpc) is 2.71. The molecule has 0 atom stereocenters. The van der Waals surface area contributed by atoms with Gasteiger partial charge in [-0.1, -0.05) is 0 Å². The Morgan fingerprint density at radius 2 is 2.38 bits per heavy atom. The summed E-state index contributed by atoms with van der Waals surface area (Å²) < 4.78 is 0. The highest BCUT2D eigenvalue weighted by atomic mass is 32.1. The van der Waals surface area contributed by atoms with Crippen LogP contribution in [-0.2, 0) is 0 Å². The van der Waals surface area contributed by atoms with Crippen molar-refractivity contribution in [1.29, 1.82) is 0 Å². The van der Waals surface area contributed by atoms with Gasteiger partial charge in [0.05, 0.1) is 11.9 Å². The third kappa shape index (κ3) is 1.40. The van der Waals surface area contributed by atoms with Crippen molar-refractivity contribution in [2.45, 2.75) is 6.92 Å². The van der Waals surface area contributed by atoms with Crippen molar-refractivity contribution in [2.24, 2.45) is 0 Å². The van der Waals surface area contributed by atoms with E-state index in [-0.39, 0.29) is 0 Å². The third-order valence-corrected chi connectivity index (χ3v) is 2.69. The Balaban J connectivity index is 2.46. The zero-order valence-corrected chi connectivity index (χ0v) is 7.89. The Kier molecular flexibility index (Phi) is 1.98. The van der Waals surface area contributed by atoms with Crippen LogP contribution in [0.4, 0.5) is 0 Å². The molecule has 0 saturated carbocycles. The lowest BCUT2D eigenvalue weighted by Crippen LogP contribution is -1.81. The van der Waals surface area contributed by atoms with E-state index in [2.05, 4.69) is 15.3 Å². The first-order valence-electron chi connectivity index (χ1n) is 3.84. The van der Waals surface area contributed by atoms with Gasteiger partial charge in [0.1, 0.15) is 5.82 Å². The van der Waals surface area contributed by atoms with E-state index >= 15 is 0 Å². The number of aldehydes is 1. The predicted molar refractivity (Wildman–Crippen MR) is 52.0 cm³/mol. The zero-order chi connectivity index (χ0) is 9.26. The summed E-state index contributed by atoms with van der Waals surface area (Å²) in [6, 6.07) is 0. The fraction of sp³-hybridized carbons (Fsp3) is 0.111. The van der Waals surface area contributed by atoms with Gasteiger partial charge in [-0.15, -0.1) is 0 Å². The van der Waals surface area contributed by atoms with Crippen molar-refractivity contribution in [3.05, 3.63) is 28.2 Å². The highest BCUT2D eigenvalue weighted by Crippen LogP contribution is 2.23. The van der Waals surface area contributed by atoms with E-state index in [1.54, 1.807) is 17.5 Å². The Labute approximate surface area is 79.4 Å². The van der Waals surface area contributed by atoms with E-state index < -0.39 is 0 Å². The van der Waals surface area contributed by atoms with Crippen LogP contribution in [0.1, 0.15) is 16.1 Å². The van der Waals surface area contributed by atoms with Crippen molar-refractivity contribution in [3.63, 3.8) is 0 Å². The first kappa shape index (κ1) is 8.19. The van der Waals surface area contributed by atoms with Crippen LogP contribution in [0.5, 0.6) is 0 Å². The molecule has 1 N–H and O–H groups in total. The fourth-order valence-electron chi connectivity index (χ4n) is 1.14. The van der Waals surface area contributed by atoms with Gasteiger partial charge in [-0.25, -0.2) is 4.98 Å². The van der Waals surface area contributed by atoms with E-state index in [0.717, 1.165) is 17.7 Å².